The summed E-state index contributed by atoms with van der Waals surface area (Å²) in [5.41, 5.74) is 1.99. The summed E-state index contributed by atoms with van der Waals surface area (Å²) in [4.78, 5) is 53.0. The number of hydrogen-bond acceptors (Lipinski definition) is 8. The van der Waals surface area contributed by atoms with Gasteiger partial charge in [0.1, 0.15) is 0 Å². The van der Waals surface area contributed by atoms with Gasteiger partial charge in [-0.1, -0.05) is 94.4 Å². The average Bonchev–Trinajstić information content (AvgIpc) is 3.15. The predicted molar refractivity (Wildman–Crippen MR) is 215 cm³/mol. The standard InChI is InChI=1S/C40H40N6O8S2/c1-25(2)31-23-32(26(3)4)36(44-40(50)42-34-22-14-12-20-30(34)38(48)46-56(53,54)28-17-9-6-10-18-28)24-35(31)43-39(49)41-33-21-13-11-19-29(33)37(47)45-55(51,52)27-15-7-5-8-16-27/h5-26H,1-4H3,(H,45,47)(H,46,48)(H2,41,43,49)(H2,42,44,50). The Kier molecular flexibility index (Phi) is 12.6. The molecule has 16 heteroatoms. The van der Waals surface area contributed by atoms with Gasteiger partial charge < -0.3 is 21.3 Å². The molecule has 14 nitrogen and oxygen atoms in total. The van der Waals surface area contributed by atoms with Gasteiger partial charge in [0.25, 0.3) is 31.9 Å². The number of hydrogen-bond donors (Lipinski definition) is 6. The Morgan fingerprint density at radius 2 is 0.750 bits per heavy atom. The molecule has 5 aromatic rings. The van der Waals surface area contributed by atoms with Crippen LogP contribution in [0.2, 0.25) is 0 Å². The van der Waals surface area contributed by atoms with Crippen LogP contribution in [0.1, 0.15) is 71.4 Å². The van der Waals surface area contributed by atoms with Gasteiger partial charge in [0.05, 0.1) is 32.3 Å². The van der Waals surface area contributed by atoms with Crippen LogP contribution in [0.25, 0.3) is 0 Å². The first-order valence-corrected chi connectivity index (χ1v) is 20.3. The van der Waals surface area contributed by atoms with Gasteiger partial charge in [-0.2, -0.15) is 0 Å². The highest BCUT2D eigenvalue weighted by molar-refractivity contribution is 7.90. The highest BCUT2D eigenvalue weighted by Crippen LogP contribution is 2.35. The van der Waals surface area contributed by atoms with E-state index in [0.717, 1.165) is 11.1 Å². The summed E-state index contributed by atoms with van der Waals surface area (Å²) in [6.07, 6.45) is 0. The zero-order chi connectivity index (χ0) is 40.6. The van der Waals surface area contributed by atoms with Crippen LogP contribution in [-0.4, -0.2) is 40.7 Å². The number of urea groups is 2. The number of anilines is 4. The molecule has 0 radical (unpaired) electrons. The van der Waals surface area contributed by atoms with Crippen molar-refractivity contribution < 1.29 is 36.0 Å². The van der Waals surface area contributed by atoms with E-state index in [2.05, 4.69) is 21.3 Å². The molecule has 0 aromatic heterocycles. The smallest absolute Gasteiger partial charge is 0.307 e. The second-order valence-corrected chi connectivity index (χ2v) is 16.4. The van der Waals surface area contributed by atoms with Crippen LogP contribution in [0.4, 0.5) is 32.3 Å². The van der Waals surface area contributed by atoms with Gasteiger partial charge >= 0.3 is 12.1 Å². The van der Waals surface area contributed by atoms with E-state index in [-0.39, 0.29) is 44.1 Å². The lowest BCUT2D eigenvalue weighted by atomic mass is 9.92. The van der Waals surface area contributed by atoms with E-state index in [0.29, 0.717) is 11.4 Å². The highest BCUT2D eigenvalue weighted by Gasteiger charge is 2.24. The Balaban J connectivity index is 1.35. The number of sulfonamides is 2. The molecule has 0 aliphatic heterocycles. The Bertz CT molecular complexity index is 2320. The summed E-state index contributed by atoms with van der Waals surface area (Å²) in [7, 11) is -8.40. The molecule has 0 saturated carbocycles. The fraction of sp³-hybridized carbons (Fsp3) is 0.150. The average molecular weight is 797 g/mol. The monoisotopic (exact) mass is 796 g/mol. The van der Waals surface area contributed by atoms with Gasteiger partial charge in [-0.25, -0.2) is 35.9 Å². The predicted octanol–water partition coefficient (Wildman–Crippen LogP) is 7.46. The largest absolute Gasteiger partial charge is 0.323 e. The number of para-hydroxylation sites is 2. The molecule has 0 aliphatic carbocycles. The fourth-order valence-electron chi connectivity index (χ4n) is 5.61. The van der Waals surface area contributed by atoms with Crippen LogP contribution in [-0.2, 0) is 20.0 Å². The van der Waals surface area contributed by atoms with Crippen LogP contribution in [0.5, 0.6) is 0 Å². The molecule has 0 heterocycles. The van der Waals surface area contributed by atoms with Gasteiger partial charge in [-0.05, 0) is 77.6 Å². The van der Waals surface area contributed by atoms with E-state index in [4.69, 9.17) is 0 Å². The zero-order valence-electron chi connectivity index (χ0n) is 30.8. The first-order chi connectivity index (χ1) is 26.6. The Morgan fingerprint density at radius 3 is 1.11 bits per heavy atom. The summed E-state index contributed by atoms with van der Waals surface area (Å²) in [6, 6.07) is 28.5. The second-order valence-electron chi connectivity index (χ2n) is 13.1. The Morgan fingerprint density at radius 1 is 0.429 bits per heavy atom. The molecule has 6 amide bonds. The quantitative estimate of drug-likeness (QED) is 0.0745. The highest BCUT2D eigenvalue weighted by atomic mass is 32.2. The minimum atomic E-state index is -4.20. The maximum Gasteiger partial charge on any atom is 0.323 e. The first kappa shape index (κ1) is 40.7. The third-order valence-electron chi connectivity index (χ3n) is 8.36. The van der Waals surface area contributed by atoms with Crippen molar-refractivity contribution in [1.82, 2.24) is 9.44 Å². The van der Waals surface area contributed by atoms with Crippen LogP contribution < -0.4 is 30.7 Å². The molecule has 290 valence electrons. The molecule has 0 fully saturated rings. The second kappa shape index (κ2) is 17.3. The number of rotatable bonds is 12. The number of benzene rings is 5. The van der Waals surface area contributed by atoms with E-state index < -0.39 is 43.9 Å². The van der Waals surface area contributed by atoms with Gasteiger partial charge in [0, 0.05) is 11.4 Å². The van der Waals surface area contributed by atoms with E-state index >= 15 is 0 Å². The molecule has 0 unspecified atom stereocenters. The molecule has 0 saturated heterocycles. The summed E-state index contributed by atoms with van der Waals surface area (Å²) in [5, 5.41) is 10.8. The molecule has 5 aromatic carbocycles. The SMILES string of the molecule is CC(C)c1cc(C(C)C)c(NC(=O)Nc2ccccc2C(=O)NS(=O)(=O)c2ccccc2)cc1NC(=O)Nc1ccccc1C(=O)NS(=O)(=O)c1ccccc1. The minimum absolute atomic E-state index is 0.0349. The minimum Gasteiger partial charge on any atom is -0.307 e. The lowest BCUT2D eigenvalue weighted by Crippen LogP contribution is -2.32. The van der Waals surface area contributed by atoms with Crippen molar-refractivity contribution in [2.75, 3.05) is 21.3 Å². The van der Waals surface area contributed by atoms with Crippen molar-refractivity contribution in [3.05, 3.63) is 144 Å². The van der Waals surface area contributed by atoms with Crippen molar-refractivity contribution in [1.29, 1.82) is 0 Å². The molecular weight excluding hydrogens is 757 g/mol. The van der Waals surface area contributed by atoms with Crippen molar-refractivity contribution in [3.8, 4) is 0 Å². The number of nitrogens with one attached hydrogen (secondary N) is 6. The maximum atomic E-state index is 13.5. The van der Waals surface area contributed by atoms with Crippen molar-refractivity contribution in [2.45, 2.75) is 49.3 Å². The summed E-state index contributed by atoms with van der Waals surface area (Å²) >= 11 is 0. The fourth-order valence-corrected chi connectivity index (χ4v) is 7.58. The number of carbonyl (C=O) groups excluding carboxylic acids is 4. The third kappa shape index (κ3) is 9.96. The lowest BCUT2D eigenvalue weighted by molar-refractivity contribution is 0.0973. The molecule has 0 aliphatic rings. The molecule has 56 heavy (non-hydrogen) atoms. The van der Waals surface area contributed by atoms with Crippen LogP contribution in [0.3, 0.4) is 0 Å². The van der Waals surface area contributed by atoms with Crippen LogP contribution in [0, 0.1) is 0 Å². The van der Waals surface area contributed by atoms with Crippen molar-refractivity contribution in [2.24, 2.45) is 0 Å². The molecule has 6 N–H and O–H groups in total. The van der Waals surface area contributed by atoms with Crippen LogP contribution >= 0.6 is 0 Å². The summed E-state index contributed by atoms with van der Waals surface area (Å²) in [5.74, 6) is -2.10. The van der Waals surface area contributed by atoms with Crippen LogP contribution in [0.15, 0.2) is 131 Å². The van der Waals surface area contributed by atoms with Gasteiger partial charge in [-0.3, -0.25) is 9.59 Å². The molecule has 0 bridgehead atoms. The van der Waals surface area contributed by atoms with E-state index in [9.17, 15) is 36.0 Å². The first-order valence-electron chi connectivity index (χ1n) is 17.3. The third-order valence-corrected chi connectivity index (χ3v) is 11.1. The van der Waals surface area contributed by atoms with Gasteiger partial charge in [0.2, 0.25) is 0 Å². The molecule has 0 atom stereocenters. The van der Waals surface area contributed by atoms with E-state index in [1.165, 1.54) is 84.9 Å². The Labute approximate surface area is 325 Å². The normalized spacial score (nSPS) is 11.4. The van der Waals surface area contributed by atoms with E-state index in [1.54, 1.807) is 30.3 Å². The molecule has 0 spiro atoms. The molecule has 5 rings (SSSR count). The topological polar surface area (TPSA) is 209 Å². The van der Waals surface area contributed by atoms with Gasteiger partial charge in [0.15, 0.2) is 0 Å². The lowest BCUT2D eigenvalue weighted by Gasteiger charge is -2.22. The summed E-state index contributed by atoms with van der Waals surface area (Å²) in [6.45, 7) is 7.70. The van der Waals surface area contributed by atoms with Crippen molar-refractivity contribution in [3.63, 3.8) is 0 Å². The number of carbonyl (C=O) groups is 4. The van der Waals surface area contributed by atoms with Gasteiger partial charge in [-0.15, -0.1) is 0 Å². The summed E-state index contributed by atoms with van der Waals surface area (Å²) < 4.78 is 55.3. The van der Waals surface area contributed by atoms with Crippen molar-refractivity contribution >= 4 is 66.7 Å². The van der Waals surface area contributed by atoms with E-state index in [1.807, 2.05) is 43.2 Å². The Hall–Kier alpha value is -6.52. The molecular formula is C40H40N6O8S2. The zero-order valence-corrected chi connectivity index (χ0v) is 32.4. The maximum absolute atomic E-state index is 13.5. The number of amides is 6.